The van der Waals surface area contributed by atoms with Gasteiger partial charge in [-0.15, -0.1) is 0 Å². The Balaban J connectivity index is 2.04. The Kier molecular flexibility index (Phi) is 4.57. The van der Waals surface area contributed by atoms with Gasteiger partial charge in [-0.05, 0) is 37.6 Å². The number of thiophene rings is 1. The lowest BCUT2D eigenvalue weighted by Gasteiger charge is -2.27. The summed E-state index contributed by atoms with van der Waals surface area (Å²) in [4.78, 5) is 11.3. The van der Waals surface area contributed by atoms with E-state index in [9.17, 15) is 10.1 Å². The molecule has 1 heterocycles. The molecule has 0 saturated carbocycles. The zero-order chi connectivity index (χ0) is 14.8. The van der Waals surface area contributed by atoms with Crippen LogP contribution in [0.1, 0.15) is 24.3 Å². The van der Waals surface area contributed by atoms with Crippen LogP contribution in [0.2, 0.25) is 0 Å². The Labute approximate surface area is 130 Å². The molecule has 2 aromatic rings. The van der Waals surface area contributed by atoms with Crippen molar-refractivity contribution in [1.29, 1.82) is 0 Å². The van der Waals surface area contributed by atoms with Crippen LogP contribution in [-0.2, 0) is 12.1 Å². The van der Waals surface area contributed by atoms with E-state index in [-0.39, 0.29) is 15.5 Å². The van der Waals surface area contributed by atoms with Crippen LogP contribution in [0.5, 0.6) is 0 Å². The highest BCUT2D eigenvalue weighted by molar-refractivity contribution is 9.10. The van der Waals surface area contributed by atoms with E-state index in [1.165, 1.54) is 16.9 Å². The summed E-state index contributed by atoms with van der Waals surface area (Å²) >= 11 is 4.63. The van der Waals surface area contributed by atoms with Crippen LogP contribution < -0.4 is 5.32 Å². The Morgan fingerprint density at radius 3 is 2.45 bits per heavy atom. The van der Waals surface area contributed by atoms with Gasteiger partial charge in [-0.1, -0.05) is 39.4 Å². The Bertz CT molecular complexity index is 608. The number of hydrogen-bond donors (Lipinski definition) is 1. The average molecular weight is 355 g/mol. The summed E-state index contributed by atoms with van der Waals surface area (Å²) in [6.07, 6.45) is 0. The topological polar surface area (TPSA) is 55.2 Å². The molecular formula is C14H15BrN2O2S. The Hall–Kier alpha value is -1.24. The van der Waals surface area contributed by atoms with Gasteiger partial charge in [0.15, 0.2) is 0 Å². The van der Waals surface area contributed by atoms with Gasteiger partial charge in [0.1, 0.15) is 0 Å². The predicted molar refractivity (Wildman–Crippen MR) is 85.0 cm³/mol. The molecule has 0 aliphatic heterocycles. The van der Waals surface area contributed by atoms with Crippen molar-refractivity contribution in [3.63, 3.8) is 0 Å². The molecule has 0 spiro atoms. The minimum Gasteiger partial charge on any atom is -0.303 e. The fourth-order valence-corrected chi connectivity index (χ4v) is 2.86. The van der Waals surface area contributed by atoms with Gasteiger partial charge in [0.25, 0.3) is 0 Å². The minimum atomic E-state index is -0.353. The van der Waals surface area contributed by atoms with E-state index in [0.717, 1.165) is 9.35 Å². The molecule has 0 unspecified atom stereocenters. The highest BCUT2D eigenvalue weighted by atomic mass is 79.9. The molecule has 106 valence electrons. The predicted octanol–water partition coefficient (Wildman–Crippen LogP) is 4.44. The van der Waals surface area contributed by atoms with Crippen molar-refractivity contribution in [3.05, 3.63) is 61.4 Å². The molecule has 0 aliphatic rings. The number of halogens is 1. The van der Waals surface area contributed by atoms with Crippen molar-refractivity contribution < 1.29 is 4.92 Å². The van der Waals surface area contributed by atoms with Crippen molar-refractivity contribution in [2.24, 2.45) is 0 Å². The summed E-state index contributed by atoms with van der Waals surface area (Å²) in [5.74, 6) is 0. The van der Waals surface area contributed by atoms with Crippen molar-refractivity contribution >= 4 is 32.3 Å². The quantitative estimate of drug-likeness (QED) is 0.637. The van der Waals surface area contributed by atoms with E-state index in [4.69, 9.17) is 0 Å². The summed E-state index contributed by atoms with van der Waals surface area (Å²) in [5, 5.41) is 14.3. The standard InChI is InChI=1S/C14H15BrN2O2S/c1-14(2,10-3-5-11(15)6-4-10)16-9-12-7-8-13(20-12)17(18)19/h3-8,16H,9H2,1-2H3. The second-order valence-corrected chi connectivity index (χ2v) is 7.04. The molecule has 4 nitrogen and oxygen atoms in total. The maximum atomic E-state index is 10.7. The molecule has 0 radical (unpaired) electrons. The lowest BCUT2D eigenvalue weighted by atomic mass is 9.94. The maximum absolute atomic E-state index is 10.7. The molecule has 0 saturated heterocycles. The second kappa shape index (κ2) is 6.03. The third kappa shape index (κ3) is 3.65. The normalized spacial score (nSPS) is 11.6. The van der Waals surface area contributed by atoms with Crippen LogP contribution in [0, 0.1) is 10.1 Å². The monoisotopic (exact) mass is 354 g/mol. The fourth-order valence-electron chi connectivity index (χ4n) is 1.84. The van der Waals surface area contributed by atoms with Gasteiger partial charge >= 0.3 is 5.00 Å². The van der Waals surface area contributed by atoms with Gasteiger partial charge in [0, 0.05) is 27.5 Å². The number of benzene rings is 1. The number of rotatable bonds is 5. The molecule has 1 aromatic carbocycles. The van der Waals surface area contributed by atoms with Crippen molar-refractivity contribution in [2.75, 3.05) is 0 Å². The van der Waals surface area contributed by atoms with Crippen LogP contribution in [-0.4, -0.2) is 4.92 Å². The zero-order valence-corrected chi connectivity index (χ0v) is 13.6. The summed E-state index contributed by atoms with van der Waals surface area (Å²) < 4.78 is 1.05. The van der Waals surface area contributed by atoms with Crippen LogP contribution in [0.3, 0.4) is 0 Å². The maximum Gasteiger partial charge on any atom is 0.324 e. The van der Waals surface area contributed by atoms with Crippen LogP contribution in [0.25, 0.3) is 0 Å². The van der Waals surface area contributed by atoms with Crippen molar-refractivity contribution in [3.8, 4) is 0 Å². The van der Waals surface area contributed by atoms with E-state index in [0.29, 0.717) is 6.54 Å². The van der Waals surface area contributed by atoms with Crippen molar-refractivity contribution in [2.45, 2.75) is 25.9 Å². The molecule has 1 N–H and O–H groups in total. The largest absolute Gasteiger partial charge is 0.324 e. The van der Waals surface area contributed by atoms with E-state index in [2.05, 4.69) is 47.2 Å². The fraction of sp³-hybridized carbons (Fsp3) is 0.286. The second-order valence-electron chi connectivity index (χ2n) is 4.98. The molecular weight excluding hydrogens is 340 g/mol. The van der Waals surface area contributed by atoms with Crippen LogP contribution in [0.15, 0.2) is 40.9 Å². The average Bonchev–Trinajstić information content (AvgIpc) is 2.86. The first-order chi connectivity index (χ1) is 9.38. The molecule has 6 heteroatoms. The van der Waals surface area contributed by atoms with Gasteiger partial charge in [-0.2, -0.15) is 0 Å². The molecule has 0 amide bonds. The van der Waals surface area contributed by atoms with Gasteiger partial charge < -0.3 is 5.32 Å². The van der Waals surface area contributed by atoms with Gasteiger partial charge in [-0.25, -0.2) is 0 Å². The highest BCUT2D eigenvalue weighted by Gasteiger charge is 2.20. The molecule has 1 aromatic heterocycles. The van der Waals surface area contributed by atoms with E-state index in [1.54, 1.807) is 12.1 Å². The first kappa shape index (κ1) is 15.2. The first-order valence-electron chi connectivity index (χ1n) is 6.13. The summed E-state index contributed by atoms with van der Waals surface area (Å²) in [6, 6.07) is 11.5. The third-order valence-corrected chi connectivity index (χ3v) is 4.66. The highest BCUT2D eigenvalue weighted by Crippen LogP contribution is 2.26. The summed E-state index contributed by atoms with van der Waals surface area (Å²) in [5.41, 5.74) is 0.978. The molecule has 20 heavy (non-hydrogen) atoms. The van der Waals surface area contributed by atoms with Gasteiger partial charge in [0.05, 0.1) is 4.92 Å². The third-order valence-electron chi connectivity index (χ3n) is 3.10. The smallest absolute Gasteiger partial charge is 0.303 e. The molecule has 2 rings (SSSR count). The van der Waals surface area contributed by atoms with Gasteiger partial charge in [0.2, 0.25) is 0 Å². The Morgan fingerprint density at radius 1 is 1.25 bits per heavy atom. The number of hydrogen-bond acceptors (Lipinski definition) is 4. The molecule has 0 atom stereocenters. The van der Waals surface area contributed by atoms with Crippen molar-refractivity contribution in [1.82, 2.24) is 5.32 Å². The Morgan fingerprint density at radius 2 is 1.90 bits per heavy atom. The number of nitrogens with one attached hydrogen (secondary N) is 1. The van der Waals surface area contributed by atoms with E-state index in [1.807, 2.05) is 12.1 Å². The number of nitrogens with zero attached hydrogens (tertiary/aromatic N) is 1. The number of nitro groups is 1. The van der Waals surface area contributed by atoms with E-state index >= 15 is 0 Å². The SMILES string of the molecule is CC(C)(NCc1ccc([N+](=O)[O-])s1)c1ccc(Br)cc1. The summed E-state index contributed by atoms with van der Waals surface area (Å²) in [7, 11) is 0. The molecule has 0 fully saturated rings. The first-order valence-corrected chi connectivity index (χ1v) is 7.73. The zero-order valence-electron chi connectivity index (χ0n) is 11.2. The van der Waals surface area contributed by atoms with Crippen LogP contribution >= 0.6 is 27.3 Å². The minimum absolute atomic E-state index is 0.184. The van der Waals surface area contributed by atoms with E-state index < -0.39 is 0 Å². The summed E-state index contributed by atoms with van der Waals surface area (Å²) in [6.45, 7) is 4.80. The molecule has 0 bridgehead atoms. The van der Waals surface area contributed by atoms with Gasteiger partial charge in [-0.3, -0.25) is 10.1 Å². The lowest BCUT2D eigenvalue weighted by molar-refractivity contribution is -0.380. The van der Waals surface area contributed by atoms with Crippen LogP contribution in [0.4, 0.5) is 5.00 Å². The molecule has 0 aliphatic carbocycles. The lowest BCUT2D eigenvalue weighted by Crippen LogP contribution is -2.35.